The Kier molecular flexibility index (Phi) is 4.38. The number of carbonyl (C=O) groups is 2. The number of likely N-dealkylation sites (tertiary alicyclic amines) is 1. The summed E-state index contributed by atoms with van der Waals surface area (Å²) in [7, 11) is 0. The number of nitrogens with zero attached hydrogens (tertiary/aromatic N) is 1. The van der Waals surface area contributed by atoms with Crippen LogP contribution in [0.4, 0.5) is 13.2 Å². The van der Waals surface area contributed by atoms with E-state index in [1.54, 1.807) is 24.3 Å². The van der Waals surface area contributed by atoms with E-state index in [4.69, 9.17) is 4.74 Å². The van der Waals surface area contributed by atoms with Gasteiger partial charge in [0.05, 0.1) is 12.5 Å². The summed E-state index contributed by atoms with van der Waals surface area (Å²) < 4.78 is 42.8. The van der Waals surface area contributed by atoms with E-state index >= 15 is 0 Å². The Morgan fingerprint density at radius 1 is 1.29 bits per heavy atom. The molecule has 0 aliphatic carbocycles. The van der Waals surface area contributed by atoms with Gasteiger partial charge in [-0.2, -0.15) is 13.2 Å². The van der Waals surface area contributed by atoms with Crippen LogP contribution in [0.1, 0.15) is 24.3 Å². The fourth-order valence-corrected chi connectivity index (χ4v) is 3.13. The van der Waals surface area contributed by atoms with Crippen molar-refractivity contribution < 1.29 is 27.5 Å². The zero-order valence-electron chi connectivity index (χ0n) is 12.8. The molecular formula is C16H17F3N2O3. The average molecular weight is 342 g/mol. The molecule has 24 heavy (non-hydrogen) atoms. The normalized spacial score (nSPS) is 23.6. The van der Waals surface area contributed by atoms with Gasteiger partial charge >= 0.3 is 6.18 Å². The highest BCUT2D eigenvalue weighted by atomic mass is 19.4. The molecule has 2 unspecified atom stereocenters. The minimum Gasteiger partial charge on any atom is -0.493 e. The predicted octanol–water partition coefficient (Wildman–Crippen LogP) is 1.83. The molecule has 2 amide bonds. The van der Waals surface area contributed by atoms with Crippen LogP contribution < -0.4 is 10.1 Å². The lowest BCUT2D eigenvalue weighted by atomic mass is 9.92. The standard InChI is InChI=1S/C16H17F3N2O3/c17-16(18,19)9-21-7-5-12(15(21)23)20-14(22)11-6-8-24-13-4-2-1-3-10(11)13/h1-4,11-12H,5-9H2,(H,20,22). The molecular weight excluding hydrogens is 325 g/mol. The maximum atomic E-state index is 12.5. The molecule has 8 heteroatoms. The summed E-state index contributed by atoms with van der Waals surface area (Å²) >= 11 is 0. The first kappa shape index (κ1) is 16.6. The number of fused-ring (bicyclic) bond motifs is 1. The van der Waals surface area contributed by atoms with E-state index < -0.39 is 30.6 Å². The SMILES string of the molecule is O=C(NC1CCN(CC(F)(F)F)C1=O)C1CCOc2ccccc21. The van der Waals surface area contributed by atoms with Crippen LogP contribution in [0.25, 0.3) is 0 Å². The molecule has 3 rings (SSSR count). The predicted molar refractivity (Wildman–Crippen MR) is 78.5 cm³/mol. The number of ether oxygens (including phenoxy) is 1. The summed E-state index contributed by atoms with van der Waals surface area (Å²) in [4.78, 5) is 25.3. The van der Waals surface area contributed by atoms with Crippen LogP contribution in [-0.4, -0.2) is 48.6 Å². The van der Waals surface area contributed by atoms with Gasteiger partial charge in [0, 0.05) is 12.1 Å². The summed E-state index contributed by atoms with van der Waals surface area (Å²) in [5.74, 6) is -0.862. The first-order chi connectivity index (χ1) is 11.3. The molecule has 2 atom stereocenters. The van der Waals surface area contributed by atoms with Gasteiger partial charge in [-0.25, -0.2) is 0 Å². The molecule has 0 saturated carbocycles. The molecule has 0 radical (unpaired) electrons. The molecule has 1 saturated heterocycles. The number of rotatable bonds is 3. The number of alkyl halides is 3. The van der Waals surface area contributed by atoms with Gasteiger partial charge in [0.15, 0.2) is 0 Å². The van der Waals surface area contributed by atoms with Crippen LogP contribution in [0.5, 0.6) is 5.75 Å². The van der Waals surface area contributed by atoms with Gasteiger partial charge in [-0.3, -0.25) is 9.59 Å². The number of nitrogens with one attached hydrogen (secondary N) is 1. The number of amides is 2. The second-order valence-electron chi connectivity index (χ2n) is 5.95. The minimum absolute atomic E-state index is 0.00629. The summed E-state index contributed by atoms with van der Waals surface area (Å²) in [6.45, 7) is -0.903. The minimum atomic E-state index is -4.44. The molecule has 1 aromatic carbocycles. The highest BCUT2D eigenvalue weighted by Gasteiger charge is 2.40. The van der Waals surface area contributed by atoms with Crippen molar-refractivity contribution in [1.82, 2.24) is 10.2 Å². The van der Waals surface area contributed by atoms with E-state index in [-0.39, 0.29) is 18.9 Å². The molecule has 1 fully saturated rings. The third-order valence-corrected chi connectivity index (χ3v) is 4.26. The summed E-state index contributed by atoms with van der Waals surface area (Å²) in [6, 6.07) is 6.25. The van der Waals surface area contributed by atoms with Crippen LogP contribution >= 0.6 is 0 Å². The van der Waals surface area contributed by atoms with Gasteiger partial charge in [-0.1, -0.05) is 18.2 Å². The third-order valence-electron chi connectivity index (χ3n) is 4.26. The second kappa shape index (κ2) is 6.33. The van der Waals surface area contributed by atoms with E-state index in [9.17, 15) is 22.8 Å². The fourth-order valence-electron chi connectivity index (χ4n) is 3.13. The number of benzene rings is 1. The number of hydrogen-bond acceptors (Lipinski definition) is 3. The van der Waals surface area contributed by atoms with Gasteiger partial charge in [0.2, 0.25) is 11.8 Å². The van der Waals surface area contributed by atoms with Crippen molar-refractivity contribution in [2.24, 2.45) is 0 Å². The van der Waals surface area contributed by atoms with Crippen molar-refractivity contribution >= 4 is 11.8 Å². The Bertz CT molecular complexity index is 648. The molecule has 0 bridgehead atoms. The maximum Gasteiger partial charge on any atom is 0.406 e. The zero-order valence-corrected chi connectivity index (χ0v) is 12.8. The zero-order chi connectivity index (χ0) is 17.3. The first-order valence-corrected chi connectivity index (χ1v) is 7.73. The van der Waals surface area contributed by atoms with Crippen molar-refractivity contribution in [2.45, 2.75) is 31.0 Å². The third kappa shape index (κ3) is 3.47. The van der Waals surface area contributed by atoms with Crippen LogP contribution in [-0.2, 0) is 9.59 Å². The molecule has 0 spiro atoms. The molecule has 2 heterocycles. The molecule has 2 aliphatic heterocycles. The lowest BCUT2D eigenvalue weighted by Crippen LogP contribution is -2.45. The first-order valence-electron chi connectivity index (χ1n) is 7.73. The van der Waals surface area contributed by atoms with Gasteiger partial charge in [-0.15, -0.1) is 0 Å². The Labute approximate surface area is 136 Å². The van der Waals surface area contributed by atoms with E-state index in [1.165, 1.54) is 0 Å². The Balaban J connectivity index is 1.65. The Morgan fingerprint density at radius 2 is 2.04 bits per heavy atom. The topological polar surface area (TPSA) is 58.6 Å². The van der Waals surface area contributed by atoms with Gasteiger partial charge in [0.1, 0.15) is 18.3 Å². The lowest BCUT2D eigenvalue weighted by molar-refractivity contribution is -0.158. The van der Waals surface area contributed by atoms with Crippen LogP contribution in [0, 0.1) is 0 Å². The van der Waals surface area contributed by atoms with E-state index in [1.807, 2.05) is 0 Å². The van der Waals surface area contributed by atoms with Gasteiger partial charge in [-0.05, 0) is 18.9 Å². The lowest BCUT2D eigenvalue weighted by Gasteiger charge is -2.26. The summed E-state index contributed by atoms with van der Waals surface area (Å²) in [6.07, 6.45) is -3.78. The number of para-hydroxylation sites is 1. The van der Waals surface area contributed by atoms with E-state index in [0.717, 1.165) is 10.5 Å². The molecule has 0 aromatic heterocycles. The Morgan fingerprint density at radius 3 is 2.79 bits per heavy atom. The smallest absolute Gasteiger partial charge is 0.406 e. The van der Waals surface area contributed by atoms with Crippen molar-refractivity contribution in [3.8, 4) is 5.75 Å². The molecule has 130 valence electrons. The summed E-state index contributed by atoms with van der Waals surface area (Å²) in [5, 5.41) is 2.60. The second-order valence-corrected chi connectivity index (χ2v) is 5.95. The van der Waals surface area contributed by atoms with Crippen LogP contribution in [0.15, 0.2) is 24.3 Å². The molecule has 1 aromatic rings. The number of hydrogen-bond donors (Lipinski definition) is 1. The van der Waals surface area contributed by atoms with Crippen molar-refractivity contribution in [3.05, 3.63) is 29.8 Å². The van der Waals surface area contributed by atoms with Crippen molar-refractivity contribution in [1.29, 1.82) is 0 Å². The molecule has 5 nitrogen and oxygen atoms in total. The van der Waals surface area contributed by atoms with E-state index in [0.29, 0.717) is 18.8 Å². The molecule has 1 N–H and O–H groups in total. The molecule has 2 aliphatic rings. The fraction of sp³-hybridized carbons (Fsp3) is 0.500. The van der Waals surface area contributed by atoms with Crippen LogP contribution in [0.2, 0.25) is 0 Å². The average Bonchev–Trinajstić information content (AvgIpc) is 2.86. The van der Waals surface area contributed by atoms with Crippen molar-refractivity contribution in [3.63, 3.8) is 0 Å². The number of carbonyl (C=O) groups excluding carboxylic acids is 2. The quantitative estimate of drug-likeness (QED) is 0.912. The van der Waals surface area contributed by atoms with Gasteiger partial charge in [0.25, 0.3) is 0 Å². The Hall–Kier alpha value is -2.25. The number of halogens is 3. The van der Waals surface area contributed by atoms with E-state index in [2.05, 4.69) is 5.32 Å². The van der Waals surface area contributed by atoms with Crippen LogP contribution in [0.3, 0.4) is 0 Å². The maximum absolute atomic E-state index is 12.5. The largest absolute Gasteiger partial charge is 0.493 e. The highest BCUT2D eigenvalue weighted by Crippen LogP contribution is 2.33. The monoisotopic (exact) mass is 342 g/mol. The van der Waals surface area contributed by atoms with Gasteiger partial charge < -0.3 is 15.0 Å². The summed E-state index contributed by atoms with van der Waals surface area (Å²) in [5.41, 5.74) is 0.735. The van der Waals surface area contributed by atoms with Crippen molar-refractivity contribution in [2.75, 3.05) is 19.7 Å². The highest BCUT2D eigenvalue weighted by molar-refractivity contribution is 5.92.